The summed E-state index contributed by atoms with van der Waals surface area (Å²) in [7, 11) is 0. The molecule has 1 aromatic rings. The van der Waals surface area contributed by atoms with Crippen LogP contribution >= 0.6 is 0 Å². The Morgan fingerprint density at radius 3 is 2.23 bits per heavy atom. The Bertz CT molecular complexity index is 679. The number of carbonyl (C=O) groups is 2. The largest absolute Gasteiger partial charge is 0.548 e. The number of hydrogen-bond donors (Lipinski definition) is 0. The lowest BCUT2D eigenvalue weighted by Crippen LogP contribution is -2.60. The molecule has 1 aliphatic rings. The van der Waals surface area contributed by atoms with Crippen LogP contribution in [0.2, 0.25) is 0 Å². The minimum atomic E-state index is -4.47. The standard InChI is InChI=1S/C18H22F3NO4/c1-16(2,3)26-15(25)22-10-4-9-17(22,14(23)24)11-12-5-7-13(8-6-12)18(19,20)21/h5-8H,4,9-11H2,1-3H3,(H,23,24)/p-1/t17-/m0/s1. The number of rotatable bonds is 3. The van der Waals surface area contributed by atoms with Crippen molar-refractivity contribution >= 4 is 12.1 Å². The van der Waals surface area contributed by atoms with E-state index in [-0.39, 0.29) is 19.4 Å². The third-order valence-electron chi connectivity index (χ3n) is 4.26. The van der Waals surface area contributed by atoms with Crippen LogP contribution in [-0.2, 0) is 22.1 Å². The summed E-state index contributed by atoms with van der Waals surface area (Å²) in [5.74, 6) is -1.44. The molecule has 26 heavy (non-hydrogen) atoms. The van der Waals surface area contributed by atoms with Crippen molar-refractivity contribution < 1.29 is 32.6 Å². The molecule has 0 saturated carbocycles. The summed E-state index contributed by atoms with van der Waals surface area (Å²) < 4.78 is 43.3. The second kappa shape index (κ2) is 6.81. The average Bonchev–Trinajstić information content (AvgIpc) is 2.90. The average molecular weight is 372 g/mol. The highest BCUT2D eigenvalue weighted by molar-refractivity contribution is 5.84. The molecule has 0 aromatic heterocycles. The lowest BCUT2D eigenvalue weighted by molar-refractivity contribution is -0.317. The molecule has 1 aliphatic heterocycles. The van der Waals surface area contributed by atoms with Gasteiger partial charge in [-0.3, -0.25) is 4.90 Å². The van der Waals surface area contributed by atoms with Gasteiger partial charge >= 0.3 is 12.3 Å². The van der Waals surface area contributed by atoms with Crippen LogP contribution in [0.25, 0.3) is 0 Å². The van der Waals surface area contributed by atoms with E-state index in [2.05, 4.69) is 0 Å². The number of carboxylic acids is 1. The number of likely N-dealkylation sites (tertiary alicyclic amines) is 1. The van der Waals surface area contributed by atoms with Crippen molar-refractivity contribution in [1.29, 1.82) is 0 Å². The zero-order valence-corrected chi connectivity index (χ0v) is 14.9. The Morgan fingerprint density at radius 1 is 1.19 bits per heavy atom. The molecule has 144 valence electrons. The molecule has 0 spiro atoms. The van der Waals surface area contributed by atoms with Gasteiger partial charge in [0, 0.05) is 13.0 Å². The van der Waals surface area contributed by atoms with Crippen LogP contribution in [0.4, 0.5) is 18.0 Å². The number of alkyl halides is 3. The number of carboxylic acid groups (broad SMARTS) is 1. The molecule has 1 fully saturated rings. The van der Waals surface area contributed by atoms with Gasteiger partial charge in [0.25, 0.3) is 0 Å². The zero-order valence-electron chi connectivity index (χ0n) is 14.9. The van der Waals surface area contributed by atoms with E-state index in [1.54, 1.807) is 20.8 Å². The summed E-state index contributed by atoms with van der Waals surface area (Å²) in [6.45, 7) is 5.18. The normalized spacial score (nSPS) is 20.9. The maximum absolute atomic E-state index is 12.7. The molecule has 0 radical (unpaired) electrons. The van der Waals surface area contributed by atoms with Gasteiger partial charge in [-0.1, -0.05) is 12.1 Å². The van der Waals surface area contributed by atoms with Crippen LogP contribution in [0, 0.1) is 0 Å². The zero-order chi connectivity index (χ0) is 19.8. The first-order chi connectivity index (χ1) is 11.8. The first kappa shape index (κ1) is 20.1. The van der Waals surface area contributed by atoms with Crippen molar-refractivity contribution in [3.05, 3.63) is 35.4 Å². The summed E-state index contributed by atoms with van der Waals surface area (Å²) >= 11 is 0. The molecule has 1 amide bonds. The van der Waals surface area contributed by atoms with Crippen molar-refractivity contribution in [2.45, 2.75) is 57.3 Å². The molecule has 1 aromatic carbocycles. The third-order valence-corrected chi connectivity index (χ3v) is 4.26. The van der Waals surface area contributed by atoms with Crippen LogP contribution in [0.5, 0.6) is 0 Å². The van der Waals surface area contributed by atoms with Crippen molar-refractivity contribution in [3.8, 4) is 0 Å². The molecule has 5 nitrogen and oxygen atoms in total. The Hall–Kier alpha value is -2.25. The fourth-order valence-corrected chi connectivity index (χ4v) is 3.08. The number of hydrogen-bond acceptors (Lipinski definition) is 4. The summed E-state index contributed by atoms with van der Waals surface area (Å²) in [6, 6.07) is 4.23. The Labute approximate surface area is 149 Å². The molecule has 2 rings (SSSR count). The van der Waals surface area contributed by atoms with Gasteiger partial charge in [-0.15, -0.1) is 0 Å². The topological polar surface area (TPSA) is 69.7 Å². The summed E-state index contributed by atoms with van der Waals surface area (Å²) in [6.07, 6.45) is -4.80. The van der Waals surface area contributed by atoms with E-state index < -0.39 is 34.9 Å². The molecule has 0 unspecified atom stereocenters. The van der Waals surface area contributed by atoms with Crippen molar-refractivity contribution in [1.82, 2.24) is 4.90 Å². The molecule has 0 aliphatic carbocycles. The highest BCUT2D eigenvalue weighted by Crippen LogP contribution is 2.35. The molecule has 1 saturated heterocycles. The third kappa shape index (κ3) is 4.28. The monoisotopic (exact) mass is 372 g/mol. The number of aliphatic carboxylic acids is 1. The van der Waals surface area contributed by atoms with Crippen LogP contribution in [0.15, 0.2) is 24.3 Å². The van der Waals surface area contributed by atoms with Crippen LogP contribution < -0.4 is 5.11 Å². The summed E-state index contributed by atoms with van der Waals surface area (Å²) in [5.41, 5.74) is -2.88. The predicted octanol–water partition coefficient (Wildman–Crippen LogP) is 2.77. The van der Waals surface area contributed by atoms with Gasteiger partial charge < -0.3 is 14.6 Å². The SMILES string of the molecule is CC(C)(C)OC(=O)N1CCC[C@]1(Cc1ccc(C(F)(F)F)cc1)C(=O)[O-]. The molecule has 8 heteroatoms. The van der Waals surface area contributed by atoms with Gasteiger partial charge in [0.1, 0.15) is 5.60 Å². The van der Waals surface area contributed by atoms with Crippen LogP contribution in [0.1, 0.15) is 44.7 Å². The fraction of sp³-hybridized carbons (Fsp3) is 0.556. The maximum atomic E-state index is 12.7. The maximum Gasteiger partial charge on any atom is 0.416 e. The van der Waals surface area contributed by atoms with Gasteiger partial charge in [-0.2, -0.15) is 13.2 Å². The number of nitrogens with zero attached hydrogens (tertiary/aromatic N) is 1. The van der Waals surface area contributed by atoms with E-state index in [9.17, 15) is 27.9 Å². The predicted molar refractivity (Wildman–Crippen MR) is 85.1 cm³/mol. The van der Waals surface area contributed by atoms with Crippen molar-refractivity contribution in [3.63, 3.8) is 0 Å². The van der Waals surface area contributed by atoms with Gasteiger partial charge in [-0.25, -0.2) is 4.79 Å². The lowest BCUT2D eigenvalue weighted by Gasteiger charge is -2.40. The van der Waals surface area contributed by atoms with Gasteiger partial charge in [0.15, 0.2) is 0 Å². The number of ether oxygens (including phenoxy) is 1. The number of carbonyl (C=O) groups excluding carboxylic acids is 2. The number of halogens is 3. The van der Waals surface area contributed by atoms with Crippen molar-refractivity contribution in [2.24, 2.45) is 0 Å². The first-order valence-electron chi connectivity index (χ1n) is 8.23. The van der Waals surface area contributed by atoms with Crippen LogP contribution in [0.3, 0.4) is 0 Å². The molecular formula is C18H21F3NO4-. The smallest absolute Gasteiger partial charge is 0.416 e. The van der Waals surface area contributed by atoms with Crippen LogP contribution in [-0.4, -0.2) is 34.6 Å². The Balaban J connectivity index is 2.29. The van der Waals surface area contributed by atoms with Gasteiger partial charge in [0.2, 0.25) is 0 Å². The second-order valence-corrected chi connectivity index (χ2v) is 7.43. The van der Waals surface area contributed by atoms with E-state index in [4.69, 9.17) is 4.74 Å². The molecular weight excluding hydrogens is 351 g/mol. The van der Waals surface area contributed by atoms with E-state index >= 15 is 0 Å². The van der Waals surface area contributed by atoms with E-state index in [0.717, 1.165) is 17.0 Å². The lowest BCUT2D eigenvalue weighted by atomic mass is 9.88. The molecule has 1 heterocycles. The highest BCUT2D eigenvalue weighted by atomic mass is 19.4. The molecule has 0 bridgehead atoms. The molecule has 1 atom stereocenters. The van der Waals surface area contributed by atoms with E-state index in [1.165, 1.54) is 12.1 Å². The van der Waals surface area contributed by atoms with Gasteiger partial charge in [-0.05, 0) is 51.3 Å². The quantitative estimate of drug-likeness (QED) is 0.818. The summed E-state index contributed by atoms with van der Waals surface area (Å²) in [4.78, 5) is 25.4. The van der Waals surface area contributed by atoms with Gasteiger partial charge in [0.05, 0.1) is 17.1 Å². The minimum Gasteiger partial charge on any atom is -0.548 e. The summed E-state index contributed by atoms with van der Waals surface area (Å²) in [5, 5.41) is 11.9. The Kier molecular flexibility index (Phi) is 5.26. The van der Waals surface area contributed by atoms with Crippen molar-refractivity contribution in [2.75, 3.05) is 6.54 Å². The molecule has 0 N–H and O–H groups in total. The number of amides is 1. The second-order valence-electron chi connectivity index (χ2n) is 7.43. The Morgan fingerprint density at radius 2 is 1.77 bits per heavy atom. The minimum absolute atomic E-state index is 0.146. The van der Waals surface area contributed by atoms with E-state index in [1.807, 2.05) is 0 Å². The number of benzene rings is 1. The van der Waals surface area contributed by atoms with E-state index in [0.29, 0.717) is 12.0 Å². The highest BCUT2D eigenvalue weighted by Gasteiger charge is 2.46. The fourth-order valence-electron chi connectivity index (χ4n) is 3.08. The first-order valence-corrected chi connectivity index (χ1v) is 8.23.